The number of carbonyl (C=O) groups is 1. The van der Waals surface area contributed by atoms with Crippen molar-refractivity contribution >= 4 is 16.9 Å². The van der Waals surface area contributed by atoms with Crippen molar-refractivity contribution in [3.05, 3.63) is 65.5 Å². The smallest absolute Gasteiger partial charge is 0.379 e. The molecule has 2 heterocycles. The van der Waals surface area contributed by atoms with E-state index in [1.165, 1.54) is 12.1 Å². The highest BCUT2D eigenvalue weighted by Gasteiger charge is 2.38. The Morgan fingerprint density at radius 2 is 1.71 bits per heavy atom. The third-order valence-electron chi connectivity index (χ3n) is 5.30. The lowest BCUT2D eigenvalue weighted by atomic mass is 10.1. The predicted octanol–water partition coefficient (Wildman–Crippen LogP) is 3.20. The molecule has 0 aliphatic carbocycles. The summed E-state index contributed by atoms with van der Waals surface area (Å²) in [6.45, 7) is 3.59. The lowest BCUT2D eigenvalue weighted by Gasteiger charge is -2.27. The number of halogens is 3. The quantitative estimate of drug-likeness (QED) is 0.650. The van der Waals surface area contributed by atoms with Crippen LogP contribution in [0.3, 0.4) is 0 Å². The molecule has 3 aromatic rings. The number of aromatic nitrogens is 2. The predicted molar refractivity (Wildman–Crippen MR) is 109 cm³/mol. The maximum Gasteiger partial charge on any atom is 0.449 e. The van der Waals surface area contributed by atoms with Crippen LogP contribution in [0.25, 0.3) is 11.0 Å². The first-order chi connectivity index (χ1) is 14.9. The summed E-state index contributed by atoms with van der Waals surface area (Å²) in [5, 5.41) is 2.76. The van der Waals surface area contributed by atoms with Gasteiger partial charge in [-0.1, -0.05) is 36.4 Å². The van der Waals surface area contributed by atoms with Crippen LogP contribution in [0, 0.1) is 0 Å². The summed E-state index contributed by atoms with van der Waals surface area (Å²) in [6, 6.07) is 14.0. The average Bonchev–Trinajstić information content (AvgIpc) is 3.13. The minimum atomic E-state index is -4.65. The highest BCUT2D eigenvalue weighted by Crippen LogP contribution is 2.31. The monoisotopic (exact) mass is 432 g/mol. The van der Waals surface area contributed by atoms with E-state index in [4.69, 9.17) is 4.74 Å². The molecule has 1 amide bonds. The van der Waals surface area contributed by atoms with Crippen molar-refractivity contribution in [2.75, 3.05) is 26.3 Å². The fourth-order valence-electron chi connectivity index (χ4n) is 3.73. The van der Waals surface area contributed by atoms with E-state index < -0.39 is 24.5 Å². The van der Waals surface area contributed by atoms with E-state index in [-0.39, 0.29) is 17.6 Å². The molecule has 9 heteroatoms. The Morgan fingerprint density at radius 3 is 2.45 bits per heavy atom. The Kier molecular flexibility index (Phi) is 6.24. The van der Waals surface area contributed by atoms with Gasteiger partial charge in [-0.2, -0.15) is 13.2 Å². The maximum atomic E-state index is 13.4. The van der Waals surface area contributed by atoms with Crippen LogP contribution in [-0.2, 0) is 35.3 Å². The molecule has 1 N–H and O–H groups in total. The van der Waals surface area contributed by atoms with Crippen molar-refractivity contribution in [2.24, 2.45) is 0 Å². The molecule has 164 valence electrons. The number of rotatable bonds is 6. The van der Waals surface area contributed by atoms with Crippen molar-refractivity contribution in [3.63, 3.8) is 0 Å². The molecule has 1 aromatic heterocycles. The molecule has 1 aliphatic rings. The van der Waals surface area contributed by atoms with Crippen LogP contribution in [0.2, 0.25) is 0 Å². The molecular weight excluding hydrogens is 409 g/mol. The van der Waals surface area contributed by atoms with E-state index in [0.717, 1.165) is 35.3 Å². The molecule has 0 spiro atoms. The number of morpholine rings is 1. The summed E-state index contributed by atoms with van der Waals surface area (Å²) in [5.74, 6) is -1.58. The van der Waals surface area contributed by atoms with Crippen LogP contribution in [0.15, 0.2) is 48.5 Å². The van der Waals surface area contributed by atoms with Crippen LogP contribution in [-0.4, -0.2) is 46.7 Å². The van der Waals surface area contributed by atoms with E-state index in [2.05, 4.69) is 15.2 Å². The number of hydrogen-bond donors (Lipinski definition) is 1. The largest absolute Gasteiger partial charge is 0.449 e. The minimum absolute atomic E-state index is 0.207. The second-order valence-corrected chi connectivity index (χ2v) is 7.44. The number of ether oxygens (including phenoxy) is 1. The number of alkyl halides is 3. The molecular formula is C22H23F3N4O2. The van der Waals surface area contributed by atoms with Crippen LogP contribution in [0.5, 0.6) is 0 Å². The molecule has 31 heavy (non-hydrogen) atoms. The van der Waals surface area contributed by atoms with Gasteiger partial charge in [0, 0.05) is 26.2 Å². The fraction of sp³-hybridized carbons (Fsp3) is 0.364. The second-order valence-electron chi connectivity index (χ2n) is 7.44. The molecule has 0 bridgehead atoms. The van der Waals surface area contributed by atoms with Crippen LogP contribution in [0.4, 0.5) is 13.2 Å². The van der Waals surface area contributed by atoms with Gasteiger partial charge in [-0.05, 0) is 23.3 Å². The van der Waals surface area contributed by atoms with Gasteiger partial charge in [0.15, 0.2) is 0 Å². The van der Waals surface area contributed by atoms with Gasteiger partial charge in [0.1, 0.15) is 6.54 Å². The topological polar surface area (TPSA) is 59.4 Å². The number of benzene rings is 2. The van der Waals surface area contributed by atoms with Gasteiger partial charge >= 0.3 is 6.18 Å². The van der Waals surface area contributed by atoms with Crippen molar-refractivity contribution in [3.8, 4) is 0 Å². The summed E-state index contributed by atoms with van der Waals surface area (Å²) in [5.41, 5.74) is 2.50. The number of carbonyl (C=O) groups excluding carboxylic acids is 1. The van der Waals surface area contributed by atoms with Crippen LogP contribution < -0.4 is 5.32 Å². The highest BCUT2D eigenvalue weighted by molar-refractivity contribution is 5.81. The van der Waals surface area contributed by atoms with E-state index in [9.17, 15) is 18.0 Å². The Hall–Kier alpha value is -2.91. The third-order valence-corrected chi connectivity index (χ3v) is 5.30. The maximum absolute atomic E-state index is 13.4. The number of nitrogens with one attached hydrogen (secondary N) is 1. The van der Waals surface area contributed by atoms with E-state index in [1.54, 1.807) is 12.1 Å². The van der Waals surface area contributed by atoms with Gasteiger partial charge in [-0.25, -0.2) is 4.98 Å². The number of para-hydroxylation sites is 2. The zero-order valence-electron chi connectivity index (χ0n) is 16.9. The van der Waals surface area contributed by atoms with Crippen molar-refractivity contribution in [1.29, 1.82) is 0 Å². The molecule has 0 saturated carbocycles. The average molecular weight is 432 g/mol. The van der Waals surface area contributed by atoms with Gasteiger partial charge in [0.2, 0.25) is 11.7 Å². The SMILES string of the molecule is O=C(Cn1c(C(F)(F)F)nc2ccccc21)NCc1ccccc1CN1CCOCC1. The first-order valence-corrected chi connectivity index (χ1v) is 10.1. The third kappa shape index (κ3) is 5.05. The van der Waals surface area contributed by atoms with Crippen molar-refractivity contribution in [2.45, 2.75) is 25.8 Å². The molecule has 0 radical (unpaired) electrons. The molecule has 4 rings (SSSR count). The summed E-state index contributed by atoms with van der Waals surface area (Å²) >= 11 is 0. The van der Waals surface area contributed by atoms with Gasteiger partial charge in [0.25, 0.3) is 0 Å². The molecule has 6 nitrogen and oxygen atoms in total. The Balaban J connectivity index is 1.46. The molecule has 1 saturated heterocycles. The summed E-state index contributed by atoms with van der Waals surface area (Å²) < 4.78 is 46.6. The highest BCUT2D eigenvalue weighted by atomic mass is 19.4. The molecule has 1 fully saturated rings. The number of hydrogen-bond acceptors (Lipinski definition) is 4. The summed E-state index contributed by atoms with van der Waals surface area (Å²) in [6.07, 6.45) is -4.65. The van der Waals surface area contributed by atoms with E-state index in [1.807, 2.05) is 24.3 Å². The first-order valence-electron chi connectivity index (χ1n) is 10.1. The summed E-state index contributed by atoms with van der Waals surface area (Å²) in [4.78, 5) is 18.5. The number of fused-ring (bicyclic) bond motifs is 1. The molecule has 0 unspecified atom stereocenters. The zero-order valence-corrected chi connectivity index (χ0v) is 16.9. The number of amides is 1. The lowest BCUT2D eigenvalue weighted by molar-refractivity contribution is -0.147. The molecule has 2 aromatic carbocycles. The van der Waals surface area contributed by atoms with Crippen LogP contribution in [0.1, 0.15) is 17.0 Å². The standard InChI is InChI=1S/C22H23F3N4O2/c23-22(24,25)21-27-18-7-3-4-8-19(18)29(21)15-20(30)26-13-16-5-1-2-6-17(16)14-28-9-11-31-12-10-28/h1-8H,9-15H2,(H,26,30). The first kappa shape index (κ1) is 21.3. The lowest BCUT2D eigenvalue weighted by Crippen LogP contribution is -2.36. The van der Waals surface area contributed by atoms with Gasteiger partial charge in [-0.3, -0.25) is 9.69 Å². The van der Waals surface area contributed by atoms with E-state index >= 15 is 0 Å². The molecule has 0 atom stereocenters. The van der Waals surface area contributed by atoms with E-state index in [0.29, 0.717) is 13.2 Å². The normalized spacial score (nSPS) is 15.3. The van der Waals surface area contributed by atoms with Crippen molar-refractivity contribution in [1.82, 2.24) is 19.8 Å². The van der Waals surface area contributed by atoms with Gasteiger partial charge in [-0.15, -0.1) is 0 Å². The van der Waals surface area contributed by atoms with Crippen LogP contribution >= 0.6 is 0 Å². The summed E-state index contributed by atoms with van der Waals surface area (Å²) in [7, 11) is 0. The molecule has 1 aliphatic heterocycles. The van der Waals surface area contributed by atoms with Gasteiger partial charge in [0.05, 0.1) is 24.2 Å². The number of imidazole rings is 1. The van der Waals surface area contributed by atoms with Gasteiger partial charge < -0.3 is 14.6 Å². The van der Waals surface area contributed by atoms with Crippen molar-refractivity contribution < 1.29 is 22.7 Å². The fourth-order valence-corrected chi connectivity index (χ4v) is 3.73. The Bertz CT molecular complexity index is 1060. The second kappa shape index (κ2) is 9.07. The zero-order chi connectivity index (χ0) is 21.8. The Labute approximate surface area is 177 Å². The Morgan fingerprint density at radius 1 is 1.03 bits per heavy atom. The minimum Gasteiger partial charge on any atom is -0.379 e. The number of nitrogens with zero attached hydrogens (tertiary/aromatic N) is 3.